The van der Waals surface area contributed by atoms with Crippen LogP contribution in [0.3, 0.4) is 0 Å². The van der Waals surface area contributed by atoms with Gasteiger partial charge in [-0.25, -0.2) is 0 Å². The van der Waals surface area contributed by atoms with E-state index in [-0.39, 0.29) is 18.8 Å². The molecule has 1 aromatic rings. The summed E-state index contributed by atoms with van der Waals surface area (Å²) in [6, 6.07) is 7.37. The molecule has 1 saturated heterocycles. The van der Waals surface area contributed by atoms with Gasteiger partial charge in [0.15, 0.2) is 0 Å². The van der Waals surface area contributed by atoms with E-state index >= 15 is 0 Å². The maximum Gasteiger partial charge on any atom is 0.390 e. The van der Waals surface area contributed by atoms with Crippen molar-refractivity contribution < 1.29 is 22.6 Å². The molecule has 0 saturated carbocycles. The van der Waals surface area contributed by atoms with E-state index in [0.29, 0.717) is 13.1 Å². The van der Waals surface area contributed by atoms with Gasteiger partial charge in [0.25, 0.3) is 0 Å². The van der Waals surface area contributed by atoms with Gasteiger partial charge in [0.1, 0.15) is 17.6 Å². The minimum Gasteiger partial charge on any atom is -0.491 e. The van der Waals surface area contributed by atoms with Gasteiger partial charge in [-0.15, -0.1) is 0 Å². The molecular weight excluding hydrogens is 307 g/mol. The highest BCUT2D eigenvalue weighted by atomic mass is 19.4. The van der Waals surface area contributed by atoms with Crippen molar-refractivity contribution in [2.24, 2.45) is 0 Å². The molecule has 1 aliphatic heterocycles. The molecule has 1 aromatic carbocycles. The highest BCUT2D eigenvalue weighted by Gasteiger charge is 2.29. The zero-order chi connectivity index (χ0) is 16.9. The van der Waals surface area contributed by atoms with Crippen molar-refractivity contribution in [1.29, 1.82) is 0 Å². The summed E-state index contributed by atoms with van der Waals surface area (Å²) in [4.78, 5) is 1.83. The van der Waals surface area contributed by atoms with Crippen LogP contribution in [0.5, 0.6) is 11.5 Å². The van der Waals surface area contributed by atoms with Gasteiger partial charge < -0.3 is 9.47 Å². The van der Waals surface area contributed by atoms with Gasteiger partial charge >= 0.3 is 6.18 Å². The van der Waals surface area contributed by atoms with Gasteiger partial charge in [-0.1, -0.05) is 0 Å². The average molecular weight is 331 g/mol. The highest BCUT2D eigenvalue weighted by Crippen LogP contribution is 2.24. The number of hydrogen-bond donors (Lipinski definition) is 0. The molecule has 1 heterocycles. The number of rotatable bonds is 6. The smallest absolute Gasteiger partial charge is 0.390 e. The van der Waals surface area contributed by atoms with Crippen LogP contribution in [0, 0.1) is 0 Å². The Hall–Kier alpha value is -1.43. The van der Waals surface area contributed by atoms with Crippen molar-refractivity contribution in [2.75, 3.05) is 19.6 Å². The third-order valence-corrected chi connectivity index (χ3v) is 3.67. The summed E-state index contributed by atoms with van der Waals surface area (Å²) in [5.41, 5.74) is 0. The van der Waals surface area contributed by atoms with E-state index in [1.807, 2.05) is 43.0 Å². The van der Waals surface area contributed by atoms with E-state index < -0.39 is 12.6 Å². The SMILES string of the molecule is CC(C)Oc1ccc(O[C@@H]2CCCN(CCC(F)(F)F)C2)cc1. The molecule has 1 atom stereocenters. The maximum atomic E-state index is 12.3. The number of halogens is 3. The van der Waals surface area contributed by atoms with Gasteiger partial charge in [-0.3, -0.25) is 4.90 Å². The van der Waals surface area contributed by atoms with Gasteiger partial charge in [0, 0.05) is 13.1 Å². The van der Waals surface area contributed by atoms with E-state index in [2.05, 4.69) is 0 Å². The Kier molecular flexibility index (Phi) is 6.16. The average Bonchev–Trinajstić information content (AvgIpc) is 2.46. The predicted molar refractivity (Wildman–Crippen MR) is 83.0 cm³/mol. The van der Waals surface area contributed by atoms with Crippen molar-refractivity contribution in [3.8, 4) is 11.5 Å². The first-order chi connectivity index (χ1) is 10.8. The highest BCUT2D eigenvalue weighted by molar-refractivity contribution is 5.31. The van der Waals surface area contributed by atoms with Gasteiger partial charge in [0.2, 0.25) is 0 Å². The molecule has 3 nitrogen and oxygen atoms in total. The zero-order valence-electron chi connectivity index (χ0n) is 13.6. The number of nitrogens with zero attached hydrogens (tertiary/aromatic N) is 1. The second-order valence-electron chi connectivity index (χ2n) is 6.19. The monoisotopic (exact) mass is 331 g/mol. The first-order valence-electron chi connectivity index (χ1n) is 8.04. The number of benzene rings is 1. The molecule has 0 radical (unpaired) electrons. The van der Waals surface area contributed by atoms with Crippen LogP contribution in [0.2, 0.25) is 0 Å². The van der Waals surface area contributed by atoms with Crippen LogP contribution >= 0.6 is 0 Å². The normalized spacial score (nSPS) is 19.8. The molecular formula is C17H24F3NO2. The Morgan fingerprint density at radius 1 is 1.17 bits per heavy atom. The van der Waals surface area contributed by atoms with Crippen molar-refractivity contribution in [3.63, 3.8) is 0 Å². The third-order valence-electron chi connectivity index (χ3n) is 3.67. The van der Waals surface area contributed by atoms with E-state index in [0.717, 1.165) is 24.3 Å². The Bertz CT molecular complexity index is 474. The Morgan fingerprint density at radius 3 is 2.43 bits per heavy atom. The fourth-order valence-electron chi connectivity index (χ4n) is 2.66. The summed E-state index contributed by atoms with van der Waals surface area (Å²) in [7, 11) is 0. The van der Waals surface area contributed by atoms with E-state index in [1.165, 1.54) is 0 Å². The number of piperidine rings is 1. The molecule has 130 valence electrons. The molecule has 23 heavy (non-hydrogen) atoms. The summed E-state index contributed by atoms with van der Waals surface area (Å²) in [5, 5.41) is 0. The van der Waals surface area contributed by atoms with E-state index in [9.17, 15) is 13.2 Å². The number of ether oxygens (including phenoxy) is 2. The summed E-state index contributed by atoms with van der Waals surface area (Å²) < 4.78 is 48.4. The minimum atomic E-state index is -4.10. The lowest BCUT2D eigenvalue weighted by molar-refractivity contribution is -0.139. The fraction of sp³-hybridized carbons (Fsp3) is 0.647. The molecule has 1 fully saturated rings. The Balaban J connectivity index is 1.82. The molecule has 0 amide bonds. The molecule has 6 heteroatoms. The lowest BCUT2D eigenvalue weighted by atomic mass is 10.1. The Labute approximate surface area is 135 Å². The second kappa shape index (κ2) is 7.90. The van der Waals surface area contributed by atoms with Crippen molar-refractivity contribution in [1.82, 2.24) is 4.90 Å². The van der Waals surface area contributed by atoms with Crippen molar-refractivity contribution >= 4 is 0 Å². The van der Waals surface area contributed by atoms with Crippen LogP contribution in [0.15, 0.2) is 24.3 Å². The summed E-state index contributed by atoms with van der Waals surface area (Å²) >= 11 is 0. The quantitative estimate of drug-likeness (QED) is 0.777. The molecule has 0 aromatic heterocycles. The van der Waals surface area contributed by atoms with Crippen molar-refractivity contribution in [3.05, 3.63) is 24.3 Å². The Morgan fingerprint density at radius 2 is 1.83 bits per heavy atom. The lowest BCUT2D eigenvalue weighted by Crippen LogP contribution is -2.42. The van der Waals surface area contributed by atoms with Crippen LogP contribution in [0.4, 0.5) is 13.2 Å². The van der Waals surface area contributed by atoms with Crippen molar-refractivity contribution in [2.45, 2.75) is 51.5 Å². The molecule has 0 spiro atoms. The van der Waals surface area contributed by atoms with Crippen LogP contribution < -0.4 is 9.47 Å². The summed E-state index contributed by atoms with van der Waals surface area (Å²) in [6.45, 7) is 5.21. The second-order valence-corrected chi connectivity index (χ2v) is 6.19. The van der Waals surface area contributed by atoms with Crippen LogP contribution in [-0.4, -0.2) is 42.9 Å². The molecule has 0 bridgehead atoms. The maximum absolute atomic E-state index is 12.3. The summed E-state index contributed by atoms with van der Waals surface area (Å²) in [5.74, 6) is 1.51. The molecule has 0 unspecified atom stereocenters. The predicted octanol–water partition coefficient (Wildman–Crippen LogP) is 4.27. The molecule has 0 aliphatic carbocycles. The minimum absolute atomic E-state index is 0.0462. The van der Waals surface area contributed by atoms with Crippen LogP contribution in [0.1, 0.15) is 33.1 Å². The number of likely N-dealkylation sites (tertiary alicyclic amines) is 1. The largest absolute Gasteiger partial charge is 0.491 e. The van der Waals surface area contributed by atoms with Gasteiger partial charge in [0.05, 0.1) is 12.5 Å². The van der Waals surface area contributed by atoms with Crippen LogP contribution in [0.25, 0.3) is 0 Å². The van der Waals surface area contributed by atoms with Gasteiger partial charge in [-0.2, -0.15) is 13.2 Å². The lowest BCUT2D eigenvalue weighted by Gasteiger charge is -2.33. The zero-order valence-corrected chi connectivity index (χ0v) is 13.6. The first-order valence-corrected chi connectivity index (χ1v) is 8.04. The molecule has 0 N–H and O–H groups in total. The molecule has 2 rings (SSSR count). The molecule has 1 aliphatic rings. The topological polar surface area (TPSA) is 21.7 Å². The summed E-state index contributed by atoms with van der Waals surface area (Å²) in [6.07, 6.45) is -3.08. The third kappa shape index (κ3) is 6.69. The first kappa shape index (κ1) is 17.9. The number of hydrogen-bond acceptors (Lipinski definition) is 3. The number of alkyl halides is 3. The van der Waals surface area contributed by atoms with Gasteiger partial charge in [-0.05, 0) is 57.5 Å². The van der Waals surface area contributed by atoms with E-state index in [4.69, 9.17) is 9.47 Å². The fourth-order valence-corrected chi connectivity index (χ4v) is 2.66. The standard InChI is InChI=1S/C17H24F3NO2/c1-13(2)22-14-5-7-15(8-6-14)23-16-4-3-10-21(12-16)11-9-17(18,19)20/h5-8,13,16H,3-4,9-12H2,1-2H3/t16-/m1/s1. The van der Waals surface area contributed by atoms with E-state index in [1.54, 1.807) is 0 Å². The van der Waals surface area contributed by atoms with Crippen LogP contribution in [-0.2, 0) is 0 Å².